The Balaban J connectivity index is 1.41. The highest BCUT2D eigenvalue weighted by atomic mass is 16.6. The molecule has 0 heterocycles. The van der Waals surface area contributed by atoms with E-state index in [0.717, 1.165) is 33.4 Å². The van der Waals surface area contributed by atoms with E-state index in [0.29, 0.717) is 24.3 Å². The molecule has 0 aliphatic heterocycles. The number of ether oxygens (including phenoxy) is 2. The lowest BCUT2D eigenvalue weighted by Gasteiger charge is -2.34. The molecule has 8 heteroatoms. The van der Waals surface area contributed by atoms with Crippen LogP contribution in [0.25, 0.3) is 11.1 Å². The summed E-state index contributed by atoms with van der Waals surface area (Å²) in [5.74, 6) is 0.336. The topological polar surface area (TPSA) is 127 Å². The van der Waals surface area contributed by atoms with Crippen molar-refractivity contribution >= 4 is 23.1 Å². The van der Waals surface area contributed by atoms with Crippen LogP contribution in [0.1, 0.15) is 87.5 Å². The molecule has 0 aromatic heterocycles. The van der Waals surface area contributed by atoms with Gasteiger partial charge in [-0.2, -0.15) is 0 Å². The number of ketones is 4. The van der Waals surface area contributed by atoms with Crippen LogP contribution >= 0.6 is 0 Å². The maximum Gasteiger partial charge on any atom is 0.204 e. The first-order chi connectivity index (χ1) is 23.6. The lowest BCUT2D eigenvalue weighted by atomic mass is 9.68. The van der Waals surface area contributed by atoms with Gasteiger partial charge in [-0.3, -0.25) is 19.2 Å². The fourth-order valence-electron chi connectivity index (χ4n) is 6.49. The number of hydrogen-bond acceptors (Lipinski definition) is 8. The first-order valence-corrected chi connectivity index (χ1v) is 16.8. The number of aliphatic hydroxyl groups excluding tert-OH is 2. The molecular weight excluding hydrogens is 620 g/mol. The summed E-state index contributed by atoms with van der Waals surface area (Å²) < 4.78 is 11.4. The van der Waals surface area contributed by atoms with Gasteiger partial charge < -0.3 is 19.7 Å². The third-order valence-corrected chi connectivity index (χ3v) is 9.03. The molecule has 0 bridgehead atoms. The minimum Gasteiger partial charge on any atom is -0.465 e. The van der Waals surface area contributed by atoms with Gasteiger partial charge in [0, 0.05) is 38.5 Å². The van der Waals surface area contributed by atoms with Crippen molar-refractivity contribution in [3.63, 3.8) is 0 Å². The van der Waals surface area contributed by atoms with Crippen LogP contribution in [0.3, 0.4) is 0 Å². The van der Waals surface area contributed by atoms with E-state index >= 15 is 0 Å². The van der Waals surface area contributed by atoms with Gasteiger partial charge >= 0.3 is 0 Å². The molecule has 0 saturated carbocycles. The number of aliphatic hydroxyl groups is 2. The Morgan fingerprint density at radius 1 is 0.531 bits per heavy atom. The Kier molecular flexibility index (Phi) is 11.5. The van der Waals surface area contributed by atoms with Crippen molar-refractivity contribution in [2.45, 2.75) is 83.2 Å². The number of rotatable bonds is 18. The summed E-state index contributed by atoms with van der Waals surface area (Å²) in [4.78, 5) is 47.7. The molecule has 1 aliphatic rings. The second kappa shape index (κ2) is 16.0. The van der Waals surface area contributed by atoms with Crippen molar-refractivity contribution in [1.82, 2.24) is 0 Å². The third kappa shape index (κ3) is 8.04. The number of benzene rings is 4. The van der Waals surface area contributed by atoms with Crippen LogP contribution in [-0.2, 0) is 24.6 Å². The molecule has 2 atom stereocenters. The molecule has 5 rings (SSSR count). The number of carbonyl (C=O) groups excluding carboxylic acids is 4. The zero-order chi connectivity index (χ0) is 35.0. The van der Waals surface area contributed by atoms with Crippen LogP contribution in [0.4, 0.5) is 0 Å². The van der Waals surface area contributed by atoms with E-state index in [2.05, 4.69) is 24.3 Å². The summed E-state index contributed by atoms with van der Waals surface area (Å²) in [6, 6.07) is 31.4. The molecule has 0 radical (unpaired) electrons. The van der Waals surface area contributed by atoms with Crippen LogP contribution in [-0.4, -0.2) is 45.9 Å². The lowest BCUT2D eigenvalue weighted by molar-refractivity contribution is -0.128. The average Bonchev–Trinajstić information content (AvgIpc) is 3.41. The quantitative estimate of drug-likeness (QED) is 0.0973. The summed E-state index contributed by atoms with van der Waals surface area (Å²) in [5, 5.41) is 20.9. The van der Waals surface area contributed by atoms with Gasteiger partial charge in [-0.1, -0.05) is 86.6 Å². The number of hydrogen-bond donors (Lipinski definition) is 2. The Bertz CT molecular complexity index is 1660. The van der Waals surface area contributed by atoms with Crippen molar-refractivity contribution in [3.05, 3.63) is 119 Å². The Labute approximate surface area is 286 Å². The van der Waals surface area contributed by atoms with Gasteiger partial charge in [-0.05, 0) is 57.6 Å². The number of fused-ring (bicyclic) bond motifs is 3. The second-order valence-electron chi connectivity index (χ2n) is 12.3. The predicted octanol–water partition coefficient (Wildman–Crippen LogP) is 6.88. The molecule has 2 N–H and O–H groups in total. The van der Waals surface area contributed by atoms with E-state index in [9.17, 15) is 29.4 Å². The van der Waals surface area contributed by atoms with E-state index in [1.807, 2.05) is 48.5 Å². The molecule has 4 aromatic carbocycles. The fraction of sp³-hybridized carbons (Fsp3) is 0.317. The minimum absolute atomic E-state index is 0.00686. The van der Waals surface area contributed by atoms with Gasteiger partial charge in [-0.25, -0.2) is 0 Å². The molecule has 0 amide bonds. The van der Waals surface area contributed by atoms with E-state index in [1.165, 1.54) is 0 Å². The highest BCUT2D eigenvalue weighted by Gasteiger charge is 2.45. The zero-order valence-electron chi connectivity index (χ0n) is 27.9. The predicted molar refractivity (Wildman–Crippen MR) is 185 cm³/mol. The molecule has 0 saturated heterocycles. The molecule has 0 spiro atoms. The van der Waals surface area contributed by atoms with Crippen molar-refractivity contribution in [2.24, 2.45) is 0 Å². The fourth-order valence-corrected chi connectivity index (χ4v) is 6.49. The van der Waals surface area contributed by atoms with Gasteiger partial charge in [0.15, 0.2) is 0 Å². The molecule has 49 heavy (non-hydrogen) atoms. The molecule has 254 valence electrons. The normalized spacial score (nSPS) is 13.9. The maximum atomic E-state index is 12.3. The van der Waals surface area contributed by atoms with Crippen molar-refractivity contribution in [2.75, 3.05) is 0 Å². The van der Waals surface area contributed by atoms with Gasteiger partial charge in [0.1, 0.15) is 34.6 Å². The van der Waals surface area contributed by atoms with Crippen LogP contribution in [0, 0.1) is 0 Å². The van der Waals surface area contributed by atoms with Crippen molar-refractivity contribution in [1.29, 1.82) is 0 Å². The number of carbonyl (C=O) groups is 4. The van der Waals surface area contributed by atoms with Crippen LogP contribution < -0.4 is 9.47 Å². The summed E-state index contributed by atoms with van der Waals surface area (Å²) in [5.41, 5.74) is 5.53. The van der Waals surface area contributed by atoms with Gasteiger partial charge in [-0.15, -0.1) is 0 Å². The molecule has 8 nitrogen and oxygen atoms in total. The SMILES string of the molecule is CCC(=O)CCC(=O)CC(O)Oc1ccc(C2(c3ccc(OC(O)CC(=O)CCC(=O)CC)cc3)c3ccccc3-c3ccccc32)cc1. The summed E-state index contributed by atoms with van der Waals surface area (Å²) >= 11 is 0. The van der Waals surface area contributed by atoms with Crippen LogP contribution in [0.15, 0.2) is 97.1 Å². The molecule has 2 unspecified atom stereocenters. The van der Waals surface area contributed by atoms with Gasteiger partial charge in [0.25, 0.3) is 0 Å². The summed E-state index contributed by atoms with van der Waals surface area (Å²) in [7, 11) is 0. The minimum atomic E-state index is -1.34. The van der Waals surface area contributed by atoms with Gasteiger partial charge in [0.05, 0.1) is 18.3 Å². The second-order valence-corrected chi connectivity index (χ2v) is 12.3. The third-order valence-electron chi connectivity index (χ3n) is 9.03. The Morgan fingerprint density at radius 3 is 1.24 bits per heavy atom. The van der Waals surface area contributed by atoms with Crippen LogP contribution in [0.5, 0.6) is 11.5 Å². The monoisotopic (exact) mass is 662 g/mol. The molecular formula is C41H42O8. The van der Waals surface area contributed by atoms with E-state index in [4.69, 9.17) is 9.47 Å². The lowest BCUT2D eigenvalue weighted by Crippen LogP contribution is -2.28. The largest absolute Gasteiger partial charge is 0.465 e. The smallest absolute Gasteiger partial charge is 0.204 e. The van der Waals surface area contributed by atoms with Crippen molar-refractivity contribution in [3.8, 4) is 22.6 Å². The maximum absolute atomic E-state index is 12.3. The standard InChI is InChI=1S/C41H42O8/c1-3-29(42)17-19-31(44)25-39(46)48-33-21-13-27(14-22-33)41(37-11-7-5-9-35(37)36-10-6-8-12-38(36)41)28-15-23-34(24-16-28)49-40(47)26-32(45)20-18-30(43)4-2/h5-16,21-24,39-40,46-47H,3-4,17-20,25-26H2,1-2H3. The van der Waals surface area contributed by atoms with E-state index in [-0.39, 0.29) is 61.7 Å². The first kappa shape index (κ1) is 35.4. The van der Waals surface area contributed by atoms with Gasteiger partial charge in [0.2, 0.25) is 12.6 Å². The van der Waals surface area contributed by atoms with Crippen molar-refractivity contribution < 1.29 is 38.9 Å². The molecule has 4 aromatic rings. The number of Topliss-reactive ketones (excluding diaryl/α,β-unsaturated/α-hetero) is 4. The first-order valence-electron chi connectivity index (χ1n) is 16.8. The summed E-state index contributed by atoms with van der Waals surface area (Å²) in [6.07, 6.45) is -1.86. The average molecular weight is 663 g/mol. The summed E-state index contributed by atoms with van der Waals surface area (Å²) in [6.45, 7) is 3.51. The Hall–Kier alpha value is -4.92. The molecule has 0 fully saturated rings. The Morgan fingerprint density at radius 2 is 0.878 bits per heavy atom. The van der Waals surface area contributed by atoms with E-state index in [1.54, 1.807) is 38.1 Å². The highest BCUT2D eigenvalue weighted by Crippen LogP contribution is 2.56. The molecule has 1 aliphatic carbocycles. The highest BCUT2D eigenvalue weighted by molar-refractivity contribution is 5.87. The van der Waals surface area contributed by atoms with E-state index < -0.39 is 18.0 Å². The van der Waals surface area contributed by atoms with Crippen LogP contribution in [0.2, 0.25) is 0 Å². The zero-order valence-corrected chi connectivity index (χ0v) is 27.9.